The number of rotatable bonds is 4. The third-order valence-corrected chi connectivity index (χ3v) is 3.59. The maximum Gasteiger partial charge on any atom is 0.422 e. The van der Waals surface area contributed by atoms with Gasteiger partial charge < -0.3 is 15.4 Å². The zero-order valence-electron chi connectivity index (χ0n) is 13.0. The van der Waals surface area contributed by atoms with E-state index in [0.29, 0.717) is 19.4 Å². The molecule has 2 rings (SSSR count). The van der Waals surface area contributed by atoms with Crippen LogP contribution in [0.25, 0.3) is 0 Å². The monoisotopic (exact) mass is 370 g/mol. The van der Waals surface area contributed by atoms with Crippen molar-refractivity contribution in [1.82, 2.24) is 5.32 Å². The average molecular weight is 371 g/mol. The summed E-state index contributed by atoms with van der Waals surface area (Å²) in [6.45, 7) is 1.10. The number of carbonyl (C=O) groups excluding carboxylic acids is 1. The minimum absolute atomic E-state index is 0. The van der Waals surface area contributed by atoms with Crippen LogP contribution in [0, 0.1) is 11.7 Å². The topological polar surface area (TPSA) is 50.4 Å². The lowest BCUT2D eigenvalue weighted by Gasteiger charge is -2.27. The summed E-state index contributed by atoms with van der Waals surface area (Å²) in [6, 6.07) is 3.27. The van der Waals surface area contributed by atoms with E-state index >= 15 is 0 Å². The minimum atomic E-state index is -4.54. The summed E-state index contributed by atoms with van der Waals surface area (Å²) >= 11 is 0. The number of piperidine rings is 1. The highest BCUT2D eigenvalue weighted by Crippen LogP contribution is 2.29. The van der Waals surface area contributed by atoms with E-state index in [1.54, 1.807) is 0 Å². The average Bonchev–Trinajstić information content (AvgIpc) is 2.46. The van der Waals surface area contributed by atoms with Gasteiger partial charge in [0.2, 0.25) is 5.91 Å². The molecule has 9 heteroatoms. The van der Waals surface area contributed by atoms with Crippen molar-refractivity contribution in [3.05, 3.63) is 24.0 Å². The molecule has 1 aromatic rings. The molecule has 1 aliphatic heterocycles. The third-order valence-electron chi connectivity index (χ3n) is 3.59. The highest BCUT2D eigenvalue weighted by molar-refractivity contribution is 5.94. The zero-order chi connectivity index (χ0) is 17.0. The van der Waals surface area contributed by atoms with Crippen molar-refractivity contribution in [2.45, 2.75) is 32.0 Å². The van der Waals surface area contributed by atoms with Crippen LogP contribution in [0.2, 0.25) is 0 Å². The lowest BCUT2D eigenvalue weighted by Crippen LogP contribution is -2.40. The number of carbonyl (C=O) groups is 1. The van der Waals surface area contributed by atoms with Gasteiger partial charge >= 0.3 is 6.18 Å². The van der Waals surface area contributed by atoms with Crippen LogP contribution in [-0.2, 0) is 4.79 Å². The molecule has 0 radical (unpaired) electrons. The van der Waals surface area contributed by atoms with E-state index in [1.165, 1.54) is 6.07 Å². The van der Waals surface area contributed by atoms with Gasteiger partial charge in [0.05, 0.1) is 5.69 Å². The number of anilines is 1. The molecular formula is C15H19ClF4N2O2. The maximum atomic E-state index is 13.2. The molecule has 4 nitrogen and oxygen atoms in total. The van der Waals surface area contributed by atoms with Gasteiger partial charge in [-0.15, -0.1) is 12.4 Å². The van der Waals surface area contributed by atoms with Gasteiger partial charge in [0.1, 0.15) is 11.6 Å². The summed E-state index contributed by atoms with van der Waals surface area (Å²) < 4.78 is 54.6. The largest absolute Gasteiger partial charge is 0.482 e. The van der Waals surface area contributed by atoms with Gasteiger partial charge in [0.15, 0.2) is 6.61 Å². The predicted octanol–water partition coefficient (Wildman–Crippen LogP) is 3.52. The molecule has 24 heavy (non-hydrogen) atoms. The highest BCUT2D eigenvalue weighted by Gasteiger charge is 2.29. The first kappa shape index (κ1) is 20.5. The lowest BCUT2D eigenvalue weighted by atomic mass is 9.92. The molecule has 1 saturated heterocycles. The van der Waals surface area contributed by atoms with Crippen LogP contribution in [0.4, 0.5) is 23.2 Å². The van der Waals surface area contributed by atoms with Gasteiger partial charge in [0, 0.05) is 18.0 Å². The molecule has 0 aromatic heterocycles. The maximum absolute atomic E-state index is 13.2. The minimum Gasteiger partial charge on any atom is -0.482 e. The molecule has 1 fully saturated rings. The molecule has 0 bridgehead atoms. The summed E-state index contributed by atoms with van der Waals surface area (Å²) in [6.07, 6.45) is -3.28. The molecule has 1 aliphatic rings. The second-order valence-electron chi connectivity index (χ2n) is 5.61. The van der Waals surface area contributed by atoms with Crippen LogP contribution in [-0.4, -0.2) is 31.3 Å². The Bertz CT molecular complexity index is 569. The SMILES string of the molecule is C[C@H]1C[C@@H](C(=O)Nc2ccc(F)cc2OCC(F)(F)F)CCN1.Cl. The first-order chi connectivity index (χ1) is 10.7. The van der Waals surface area contributed by atoms with Crippen LogP contribution >= 0.6 is 12.4 Å². The number of ether oxygens (including phenoxy) is 1. The van der Waals surface area contributed by atoms with Crippen molar-refractivity contribution >= 4 is 24.0 Å². The second kappa shape index (κ2) is 8.53. The standard InChI is InChI=1S/C15H18F4N2O2.ClH/c1-9-6-10(4-5-20-9)14(22)21-12-3-2-11(16)7-13(12)23-8-15(17,18)19;/h2-3,7,9-10,20H,4-6,8H2,1H3,(H,21,22);1H/t9-,10-;/m0./s1. The van der Waals surface area contributed by atoms with Gasteiger partial charge in [0.25, 0.3) is 0 Å². The number of halogens is 5. The van der Waals surface area contributed by atoms with E-state index in [1.807, 2.05) is 6.92 Å². The van der Waals surface area contributed by atoms with Crippen LogP contribution in [0.3, 0.4) is 0 Å². The van der Waals surface area contributed by atoms with Gasteiger partial charge in [-0.25, -0.2) is 4.39 Å². The summed E-state index contributed by atoms with van der Waals surface area (Å²) in [4.78, 5) is 12.2. The number of alkyl halides is 3. The van der Waals surface area contributed by atoms with Gasteiger partial charge in [-0.2, -0.15) is 13.2 Å². The van der Waals surface area contributed by atoms with Crippen molar-refractivity contribution in [2.24, 2.45) is 5.92 Å². The zero-order valence-corrected chi connectivity index (χ0v) is 13.8. The van der Waals surface area contributed by atoms with Crippen LogP contribution in [0.15, 0.2) is 18.2 Å². The normalized spacial score (nSPS) is 20.9. The quantitative estimate of drug-likeness (QED) is 0.797. The molecule has 1 amide bonds. The van der Waals surface area contributed by atoms with E-state index in [4.69, 9.17) is 0 Å². The fourth-order valence-electron chi connectivity index (χ4n) is 2.48. The van der Waals surface area contributed by atoms with E-state index < -0.39 is 18.6 Å². The summed E-state index contributed by atoms with van der Waals surface area (Å²) in [5.74, 6) is -1.62. The van der Waals surface area contributed by atoms with E-state index in [0.717, 1.165) is 12.1 Å². The van der Waals surface area contributed by atoms with Crippen molar-refractivity contribution < 1.29 is 27.1 Å². The summed E-state index contributed by atoms with van der Waals surface area (Å²) in [7, 11) is 0. The first-order valence-corrected chi connectivity index (χ1v) is 7.28. The van der Waals surface area contributed by atoms with E-state index in [2.05, 4.69) is 15.4 Å². The van der Waals surface area contributed by atoms with E-state index in [-0.39, 0.29) is 41.7 Å². The molecule has 136 valence electrons. The van der Waals surface area contributed by atoms with Gasteiger partial charge in [-0.3, -0.25) is 4.79 Å². The molecule has 2 atom stereocenters. The number of amides is 1. The van der Waals surface area contributed by atoms with Crippen molar-refractivity contribution in [3.63, 3.8) is 0 Å². The fraction of sp³-hybridized carbons (Fsp3) is 0.533. The molecule has 2 N–H and O–H groups in total. The van der Waals surface area contributed by atoms with Crippen LogP contribution in [0.1, 0.15) is 19.8 Å². The Hall–Kier alpha value is -1.54. The molecule has 0 saturated carbocycles. The predicted molar refractivity (Wildman–Crippen MR) is 84.0 cm³/mol. The fourth-order valence-corrected chi connectivity index (χ4v) is 2.48. The number of hydrogen-bond donors (Lipinski definition) is 2. The Morgan fingerprint density at radius 1 is 1.42 bits per heavy atom. The van der Waals surface area contributed by atoms with Crippen molar-refractivity contribution in [3.8, 4) is 5.75 Å². The molecule has 0 spiro atoms. The Balaban J connectivity index is 0.00000288. The van der Waals surface area contributed by atoms with Gasteiger partial charge in [-0.05, 0) is 38.4 Å². The first-order valence-electron chi connectivity index (χ1n) is 7.28. The molecule has 0 unspecified atom stereocenters. The Morgan fingerprint density at radius 2 is 2.12 bits per heavy atom. The Morgan fingerprint density at radius 3 is 2.75 bits per heavy atom. The molecule has 1 aromatic carbocycles. The third kappa shape index (κ3) is 6.16. The summed E-state index contributed by atoms with van der Waals surface area (Å²) in [5.41, 5.74) is 0.0341. The Labute approximate surface area is 143 Å². The number of nitrogens with one attached hydrogen (secondary N) is 2. The Kier molecular flexibility index (Phi) is 7.28. The second-order valence-corrected chi connectivity index (χ2v) is 5.61. The van der Waals surface area contributed by atoms with Crippen molar-refractivity contribution in [1.29, 1.82) is 0 Å². The highest BCUT2D eigenvalue weighted by atomic mass is 35.5. The lowest BCUT2D eigenvalue weighted by molar-refractivity contribution is -0.153. The molecule has 0 aliphatic carbocycles. The van der Waals surface area contributed by atoms with Gasteiger partial charge in [-0.1, -0.05) is 0 Å². The molecule has 1 heterocycles. The molecular weight excluding hydrogens is 352 g/mol. The van der Waals surface area contributed by atoms with Crippen LogP contribution in [0.5, 0.6) is 5.75 Å². The number of benzene rings is 1. The van der Waals surface area contributed by atoms with Crippen LogP contribution < -0.4 is 15.4 Å². The number of hydrogen-bond acceptors (Lipinski definition) is 3. The van der Waals surface area contributed by atoms with Crippen molar-refractivity contribution in [2.75, 3.05) is 18.5 Å². The van der Waals surface area contributed by atoms with E-state index in [9.17, 15) is 22.4 Å². The smallest absolute Gasteiger partial charge is 0.422 e. The summed E-state index contributed by atoms with van der Waals surface area (Å²) in [5, 5.41) is 5.75.